The Morgan fingerprint density at radius 1 is 1.25 bits per heavy atom. The molecule has 0 saturated heterocycles. The summed E-state index contributed by atoms with van der Waals surface area (Å²) in [6.07, 6.45) is 1.54. The second kappa shape index (κ2) is 6.75. The van der Waals surface area contributed by atoms with Crippen LogP contribution in [0.4, 0.5) is 10.5 Å². The Balaban J connectivity index is 1.60. The van der Waals surface area contributed by atoms with E-state index in [0.717, 1.165) is 16.8 Å². The third-order valence-corrected chi connectivity index (χ3v) is 3.86. The zero-order chi connectivity index (χ0) is 16.9. The normalized spacial score (nSPS) is 16.8. The van der Waals surface area contributed by atoms with Gasteiger partial charge in [-0.15, -0.1) is 0 Å². The number of benzene rings is 2. The fourth-order valence-electron chi connectivity index (χ4n) is 2.69. The van der Waals surface area contributed by atoms with E-state index >= 15 is 0 Å². The number of nitrogens with one attached hydrogen (secondary N) is 3. The first-order valence-electron chi connectivity index (χ1n) is 7.54. The molecule has 1 heterocycles. The maximum Gasteiger partial charge on any atom is 0.319 e. The van der Waals surface area contributed by atoms with Crippen LogP contribution < -0.4 is 21.7 Å². The van der Waals surface area contributed by atoms with E-state index in [2.05, 4.69) is 16.0 Å². The number of anilines is 1. The molecule has 1 unspecified atom stereocenters. The fourth-order valence-corrected chi connectivity index (χ4v) is 2.69. The number of nitrogens with two attached hydrogens (primary N) is 1. The van der Waals surface area contributed by atoms with Crippen LogP contribution in [0.25, 0.3) is 5.70 Å². The number of amides is 2. The van der Waals surface area contributed by atoms with Crippen LogP contribution in [-0.2, 0) is 0 Å². The van der Waals surface area contributed by atoms with Crippen molar-refractivity contribution in [3.05, 3.63) is 71.4 Å². The summed E-state index contributed by atoms with van der Waals surface area (Å²) in [7, 11) is 0. The first kappa shape index (κ1) is 15.4. The molecule has 0 fully saturated rings. The van der Waals surface area contributed by atoms with Gasteiger partial charge in [0.15, 0.2) is 0 Å². The van der Waals surface area contributed by atoms with Crippen molar-refractivity contribution in [1.82, 2.24) is 10.6 Å². The van der Waals surface area contributed by atoms with Crippen LogP contribution in [0.15, 0.2) is 54.7 Å². The van der Waals surface area contributed by atoms with E-state index in [4.69, 9.17) is 11.0 Å². The van der Waals surface area contributed by atoms with Crippen LogP contribution in [0.3, 0.4) is 0 Å². The molecule has 6 heteroatoms. The number of hydrogen-bond donors (Lipinski definition) is 4. The monoisotopic (exact) mass is 319 g/mol. The van der Waals surface area contributed by atoms with Gasteiger partial charge in [-0.05, 0) is 29.8 Å². The topological polar surface area (TPSA) is 103 Å². The lowest BCUT2D eigenvalue weighted by Crippen LogP contribution is -2.34. The lowest BCUT2D eigenvalue weighted by Gasteiger charge is -2.14. The van der Waals surface area contributed by atoms with E-state index in [-0.39, 0.29) is 12.1 Å². The highest BCUT2D eigenvalue weighted by Crippen LogP contribution is 2.31. The predicted octanol–water partition coefficient (Wildman–Crippen LogP) is 2.28. The van der Waals surface area contributed by atoms with Gasteiger partial charge in [0.2, 0.25) is 0 Å². The molecular weight excluding hydrogens is 302 g/mol. The molecule has 3 rings (SSSR count). The average molecular weight is 319 g/mol. The molecular formula is C18H17N5O. The second-order valence-electron chi connectivity index (χ2n) is 5.39. The van der Waals surface area contributed by atoms with Gasteiger partial charge >= 0.3 is 6.03 Å². The lowest BCUT2D eigenvalue weighted by atomic mass is 10.0. The van der Waals surface area contributed by atoms with Gasteiger partial charge in [-0.1, -0.05) is 24.3 Å². The Hall–Kier alpha value is -3.46. The Kier molecular flexibility index (Phi) is 4.34. The summed E-state index contributed by atoms with van der Waals surface area (Å²) in [5.74, 6) is 0. The van der Waals surface area contributed by atoms with E-state index < -0.39 is 0 Å². The zero-order valence-electron chi connectivity index (χ0n) is 12.9. The van der Waals surface area contributed by atoms with Crippen LogP contribution in [-0.4, -0.2) is 12.6 Å². The molecule has 120 valence electrons. The molecule has 0 radical (unpaired) electrons. The third-order valence-electron chi connectivity index (χ3n) is 3.86. The summed E-state index contributed by atoms with van der Waals surface area (Å²) in [4.78, 5) is 12.0. The van der Waals surface area contributed by atoms with Crippen molar-refractivity contribution in [1.29, 1.82) is 5.26 Å². The summed E-state index contributed by atoms with van der Waals surface area (Å²) in [5, 5.41) is 17.6. The molecule has 0 bridgehead atoms. The van der Waals surface area contributed by atoms with Crippen molar-refractivity contribution in [3.8, 4) is 6.07 Å². The summed E-state index contributed by atoms with van der Waals surface area (Å²) in [6.45, 7) is 0.427. The highest BCUT2D eigenvalue weighted by atomic mass is 16.2. The first-order valence-corrected chi connectivity index (χ1v) is 7.54. The van der Waals surface area contributed by atoms with Gasteiger partial charge in [0.25, 0.3) is 0 Å². The summed E-state index contributed by atoms with van der Waals surface area (Å²) >= 11 is 0. The van der Waals surface area contributed by atoms with Gasteiger partial charge in [-0.3, -0.25) is 0 Å². The number of nitrogens with zero attached hydrogens (tertiary/aromatic N) is 1. The van der Waals surface area contributed by atoms with Gasteiger partial charge in [0, 0.05) is 24.0 Å². The lowest BCUT2D eigenvalue weighted by molar-refractivity contribution is 0.251. The van der Waals surface area contributed by atoms with Crippen molar-refractivity contribution in [2.45, 2.75) is 6.04 Å². The number of fused-ring (bicyclic) bond motifs is 1. The number of hydrogen-bond acceptors (Lipinski definition) is 4. The predicted molar refractivity (Wildman–Crippen MR) is 92.7 cm³/mol. The Labute approximate surface area is 140 Å². The minimum atomic E-state index is -0.302. The number of carbonyl (C=O) groups is 1. The average Bonchev–Trinajstić information content (AvgIpc) is 2.99. The van der Waals surface area contributed by atoms with Crippen molar-refractivity contribution in [3.63, 3.8) is 0 Å². The van der Waals surface area contributed by atoms with Crippen molar-refractivity contribution < 1.29 is 4.79 Å². The molecule has 2 aromatic rings. The molecule has 0 saturated carbocycles. The number of nitriles is 1. The highest BCUT2D eigenvalue weighted by Gasteiger charge is 2.25. The molecule has 6 nitrogen and oxygen atoms in total. The molecule has 2 aromatic carbocycles. The largest absolute Gasteiger partial charge is 0.403 e. The van der Waals surface area contributed by atoms with Gasteiger partial charge in [0.1, 0.15) is 0 Å². The third kappa shape index (κ3) is 3.15. The van der Waals surface area contributed by atoms with Crippen LogP contribution in [0, 0.1) is 11.3 Å². The SMILES string of the molecule is N#Cc1ccc(NC(=O)NCC2N/C(=C\N)c3ccccc32)cc1. The van der Waals surface area contributed by atoms with Gasteiger partial charge in [0.05, 0.1) is 23.4 Å². The number of rotatable bonds is 3. The van der Waals surface area contributed by atoms with Crippen LogP contribution in [0.2, 0.25) is 0 Å². The van der Waals surface area contributed by atoms with E-state index in [0.29, 0.717) is 17.8 Å². The summed E-state index contributed by atoms with van der Waals surface area (Å²) in [5.41, 5.74) is 9.85. The molecule has 1 aliphatic heterocycles. The Morgan fingerprint density at radius 3 is 2.71 bits per heavy atom. The maximum absolute atomic E-state index is 12.0. The molecule has 1 atom stereocenters. The molecule has 0 spiro atoms. The number of urea groups is 1. The molecule has 24 heavy (non-hydrogen) atoms. The van der Waals surface area contributed by atoms with Crippen LogP contribution >= 0.6 is 0 Å². The van der Waals surface area contributed by atoms with Crippen molar-refractivity contribution in [2.24, 2.45) is 5.73 Å². The maximum atomic E-state index is 12.0. The quantitative estimate of drug-likeness (QED) is 0.697. The minimum absolute atomic E-state index is 0.0253. The standard InChI is InChI=1S/C18H17N5O/c19-9-12-5-7-13(8-6-12)22-18(24)21-11-17-15-4-2-1-3-14(15)16(10-20)23-17/h1-8,10,17,23H,11,20H2,(H2,21,22,24)/b16-10-. The zero-order valence-corrected chi connectivity index (χ0v) is 12.9. The van der Waals surface area contributed by atoms with Crippen LogP contribution in [0.1, 0.15) is 22.7 Å². The summed E-state index contributed by atoms with van der Waals surface area (Å²) < 4.78 is 0. The van der Waals surface area contributed by atoms with Gasteiger partial charge in [-0.2, -0.15) is 5.26 Å². The Morgan fingerprint density at radius 2 is 2.00 bits per heavy atom. The molecule has 5 N–H and O–H groups in total. The van der Waals surface area contributed by atoms with Crippen molar-refractivity contribution >= 4 is 17.4 Å². The first-order chi connectivity index (χ1) is 11.7. The van der Waals surface area contributed by atoms with E-state index in [1.807, 2.05) is 30.3 Å². The minimum Gasteiger partial charge on any atom is -0.403 e. The van der Waals surface area contributed by atoms with Crippen molar-refractivity contribution in [2.75, 3.05) is 11.9 Å². The highest BCUT2D eigenvalue weighted by molar-refractivity contribution is 5.89. The molecule has 0 aromatic heterocycles. The second-order valence-corrected chi connectivity index (χ2v) is 5.39. The summed E-state index contributed by atoms with van der Waals surface area (Å²) in [6, 6.07) is 16.3. The van der Waals surface area contributed by atoms with E-state index in [1.165, 1.54) is 6.20 Å². The molecule has 0 aliphatic carbocycles. The fraction of sp³-hybridized carbons (Fsp3) is 0.111. The molecule has 1 aliphatic rings. The van der Waals surface area contributed by atoms with Gasteiger partial charge in [-0.25, -0.2) is 4.79 Å². The van der Waals surface area contributed by atoms with Gasteiger partial charge < -0.3 is 21.7 Å². The molecule has 2 amide bonds. The van der Waals surface area contributed by atoms with E-state index in [9.17, 15) is 4.79 Å². The smallest absolute Gasteiger partial charge is 0.319 e. The van der Waals surface area contributed by atoms with Crippen LogP contribution in [0.5, 0.6) is 0 Å². The van der Waals surface area contributed by atoms with E-state index in [1.54, 1.807) is 24.3 Å². The number of carbonyl (C=O) groups excluding carboxylic acids is 1. The Bertz CT molecular complexity index is 820.